The maximum atomic E-state index is 12.5. The molecule has 1 aromatic carbocycles. The van der Waals surface area contributed by atoms with Crippen molar-refractivity contribution in [3.8, 4) is 5.75 Å². The van der Waals surface area contributed by atoms with Crippen LogP contribution in [0.5, 0.6) is 5.75 Å². The summed E-state index contributed by atoms with van der Waals surface area (Å²) in [5.74, 6) is -2.99. The first-order valence-electron chi connectivity index (χ1n) is 5.24. The molecule has 1 aliphatic rings. The van der Waals surface area contributed by atoms with E-state index in [0.717, 1.165) is 0 Å². The Morgan fingerprint density at radius 1 is 1.32 bits per heavy atom. The van der Waals surface area contributed by atoms with Gasteiger partial charge in [0.2, 0.25) is 0 Å². The molecule has 2 rings (SSSR count). The van der Waals surface area contributed by atoms with Crippen LogP contribution in [0.25, 0.3) is 0 Å². The van der Waals surface area contributed by atoms with Gasteiger partial charge in [0.1, 0.15) is 5.75 Å². The Balaban J connectivity index is 2.42. The topological polar surface area (TPSA) is 72.6 Å². The Morgan fingerprint density at radius 3 is 2.53 bits per heavy atom. The van der Waals surface area contributed by atoms with E-state index >= 15 is 0 Å². The van der Waals surface area contributed by atoms with Crippen molar-refractivity contribution < 1.29 is 27.5 Å². The number of anilines is 1. The van der Waals surface area contributed by atoms with Crippen LogP contribution in [0.3, 0.4) is 0 Å². The van der Waals surface area contributed by atoms with E-state index in [-0.39, 0.29) is 11.4 Å². The zero-order valence-electron chi connectivity index (χ0n) is 9.48. The average molecular weight is 274 g/mol. The van der Waals surface area contributed by atoms with Gasteiger partial charge in [-0.1, -0.05) is 12.1 Å². The lowest BCUT2D eigenvalue weighted by Gasteiger charge is -2.33. The fourth-order valence-electron chi connectivity index (χ4n) is 1.73. The Morgan fingerprint density at radius 2 is 1.95 bits per heavy atom. The van der Waals surface area contributed by atoms with Gasteiger partial charge >= 0.3 is 12.1 Å². The molecule has 19 heavy (non-hydrogen) atoms. The molecule has 1 unspecified atom stereocenters. The second-order valence-corrected chi connectivity index (χ2v) is 3.89. The molecule has 2 N–H and O–H groups in total. The average Bonchev–Trinajstić information content (AvgIpc) is 2.35. The van der Waals surface area contributed by atoms with Crippen molar-refractivity contribution in [3.63, 3.8) is 0 Å². The van der Waals surface area contributed by atoms with E-state index in [4.69, 9.17) is 10.5 Å². The molecule has 2 amide bonds. The van der Waals surface area contributed by atoms with E-state index < -0.39 is 30.6 Å². The van der Waals surface area contributed by atoms with Crippen LogP contribution >= 0.6 is 0 Å². The van der Waals surface area contributed by atoms with Gasteiger partial charge in [-0.25, -0.2) is 0 Å². The van der Waals surface area contributed by atoms with E-state index in [1.807, 2.05) is 0 Å². The SMILES string of the molecule is NC(=O)C1CN(C(=O)C(F)(F)F)c2ccccc2O1. The number of carbonyl (C=O) groups is 2. The Kier molecular flexibility index (Phi) is 3.09. The molecule has 1 aromatic rings. The molecule has 0 aromatic heterocycles. The second-order valence-electron chi connectivity index (χ2n) is 3.89. The number of carbonyl (C=O) groups excluding carboxylic acids is 2. The van der Waals surface area contributed by atoms with E-state index in [1.165, 1.54) is 24.3 Å². The summed E-state index contributed by atoms with van der Waals surface area (Å²) in [5.41, 5.74) is 4.97. The minimum atomic E-state index is -5.04. The molecular weight excluding hydrogens is 265 g/mol. The summed E-state index contributed by atoms with van der Waals surface area (Å²) < 4.78 is 42.7. The number of halogens is 3. The number of ether oxygens (including phenoxy) is 1. The number of para-hydroxylation sites is 2. The summed E-state index contributed by atoms with van der Waals surface area (Å²) >= 11 is 0. The van der Waals surface area contributed by atoms with Crippen LogP contribution in [0.1, 0.15) is 0 Å². The number of primary amides is 1. The van der Waals surface area contributed by atoms with Gasteiger partial charge in [0.05, 0.1) is 12.2 Å². The minimum Gasteiger partial charge on any atom is -0.477 e. The fourth-order valence-corrected chi connectivity index (χ4v) is 1.73. The van der Waals surface area contributed by atoms with E-state index in [1.54, 1.807) is 0 Å². The highest BCUT2D eigenvalue weighted by Gasteiger charge is 2.46. The number of hydrogen-bond donors (Lipinski definition) is 1. The molecule has 0 saturated heterocycles. The van der Waals surface area contributed by atoms with Crippen LogP contribution in [0, 0.1) is 0 Å². The lowest BCUT2D eigenvalue weighted by atomic mass is 10.1. The first-order valence-corrected chi connectivity index (χ1v) is 5.24. The van der Waals surface area contributed by atoms with Crippen LogP contribution in [0.2, 0.25) is 0 Å². The Hall–Kier alpha value is -2.25. The number of nitrogens with two attached hydrogens (primary N) is 1. The summed E-state index contributed by atoms with van der Waals surface area (Å²) in [5, 5.41) is 0. The molecule has 0 fully saturated rings. The Labute approximate surface area is 105 Å². The predicted octanol–water partition coefficient (Wildman–Crippen LogP) is 0.828. The van der Waals surface area contributed by atoms with Gasteiger partial charge in [0.15, 0.2) is 6.10 Å². The third kappa shape index (κ3) is 2.47. The van der Waals surface area contributed by atoms with Gasteiger partial charge < -0.3 is 10.5 Å². The number of fused-ring (bicyclic) bond motifs is 1. The quantitative estimate of drug-likeness (QED) is 0.824. The predicted molar refractivity (Wildman–Crippen MR) is 58.5 cm³/mol. The summed E-state index contributed by atoms with van der Waals surface area (Å²) in [6.45, 7) is -0.565. The molecule has 0 aliphatic carbocycles. The summed E-state index contributed by atoms with van der Waals surface area (Å²) in [7, 11) is 0. The third-order valence-corrected chi connectivity index (χ3v) is 2.58. The minimum absolute atomic E-state index is 0.00940. The van der Waals surface area contributed by atoms with Gasteiger partial charge in [-0.2, -0.15) is 13.2 Å². The maximum Gasteiger partial charge on any atom is 0.471 e. The first-order chi connectivity index (χ1) is 8.80. The molecule has 8 heteroatoms. The number of benzene rings is 1. The van der Waals surface area contributed by atoms with Gasteiger partial charge in [-0.05, 0) is 12.1 Å². The number of amides is 2. The van der Waals surface area contributed by atoms with E-state index in [9.17, 15) is 22.8 Å². The molecule has 5 nitrogen and oxygen atoms in total. The van der Waals surface area contributed by atoms with E-state index in [0.29, 0.717) is 4.90 Å². The first kappa shape index (κ1) is 13.2. The maximum absolute atomic E-state index is 12.5. The van der Waals surface area contributed by atoms with Crippen LogP contribution in [0.4, 0.5) is 18.9 Å². The molecule has 1 atom stereocenters. The summed E-state index contributed by atoms with van der Waals surface area (Å²) in [6, 6.07) is 5.64. The van der Waals surface area contributed by atoms with Gasteiger partial charge in [0.25, 0.3) is 5.91 Å². The van der Waals surface area contributed by atoms with Gasteiger partial charge in [0, 0.05) is 0 Å². The monoisotopic (exact) mass is 274 g/mol. The lowest BCUT2D eigenvalue weighted by Crippen LogP contribution is -2.52. The number of hydrogen-bond acceptors (Lipinski definition) is 3. The standard InChI is InChI=1S/C11H9F3N2O3/c12-11(13,14)10(18)16-5-8(9(15)17)19-7-4-2-1-3-6(7)16/h1-4,8H,5H2,(H2,15,17). The fraction of sp³-hybridized carbons (Fsp3) is 0.273. The van der Waals surface area contributed by atoms with Crippen molar-refractivity contribution in [1.82, 2.24) is 0 Å². The molecule has 0 radical (unpaired) electrons. The summed E-state index contributed by atoms with van der Waals surface area (Å²) in [6.07, 6.45) is -6.34. The second kappa shape index (κ2) is 4.45. The van der Waals surface area contributed by atoms with Crippen molar-refractivity contribution in [1.29, 1.82) is 0 Å². The zero-order valence-corrected chi connectivity index (χ0v) is 9.48. The van der Waals surface area contributed by atoms with Crippen LogP contribution in [-0.2, 0) is 9.59 Å². The van der Waals surface area contributed by atoms with Crippen molar-refractivity contribution in [2.75, 3.05) is 11.4 Å². The molecule has 102 valence electrons. The lowest BCUT2D eigenvalue weighted by molar-refractivity contribution is -0.171. The number of rotatable bonds is 1. The molecule has 0 spiro atoms. The van der Waals surface area contributed by atoms with Gasteiger partial charge in [-0.3, -0.25) is 14.5 Å². The highest BCUT2D eigenvalue weighted by molar-refractivity contribution is 6.00. The van der Waals surface area contributed by atoms with Crippen LogP contribution in [-0.4, -0.2) is 30.6 Å². The van der Waals surface area contributed by atoms with E-state index in [2.05, 4.69) is 0 Å². The molecule has 1 aliphatic heterocycles. The summed E-state index contributed by atoms with van der Waals surface area (Å²) in [4.78, 5) is 22.9. The van der Waals surface area contributed by atoms with Crippen LogP contribution < -0.4 is 15.4 Å². The molecule has 0 bridgehead atoms. The molecular formula is C11H9F3N2O3. The van der Waals surface area contributed by atoms with Crippen molar-refractivity contribution in [2.24, 2.45) is 5.73 Å². The zero-order chi connectivity index (χ0) is 14.2. The number of nitrogens with zero attached hydrogens (tertiary/aromatic N) is 1. The normalized spacial score (nSPS) is 18.5. The smallest absolute Gasteiger partial charge is 0.471 e. The molecule has 1 heterocycles. The van der Waals surface area contributed by atoms with Crippen molar-refractivity contribution in [3.05, 3.63) is 24.3 Å². The third-order valence-electron chi connectivity index (χ3n) is 2.58. The largest absolute Gasteiger partial charge is 0.477 e. The van der Waals surface area contributed by atoms with Crippen LogP contribution in [0.15, 0.2) is 24.3 Å². The highest BCUT2D eigenvalue weighted by atomic mass is 19.4. The van der Waals surface area contributed by atoms with Crippen molar-refractivity contribution in [2.45, 2.75) is 12.3 Å². The number of alkyl halides is 3. The highest BCUT2D eigenvalue weighted by Crippen LogP contribution is 2.35. The van der Waals surface area contributed by atoms with Gasteiger partial charge in [-0.15, -0.1) is 0 Å². The molecule has 0 saturated carbocycles. The van der Waals surface area contributed by atoms with Crippen molar-refractivity contribution >= 4 is 17.5 Å². The Bertz CT molecular complexity index is 530.